The maximum Gasteiger partial charge on any atom is 0.272 e. The van der Waals surface area contributed by atoms with E-state index >= 15 is 0 Å². The van der Waals surface area contributed by atoms with Gasteiger partial charge in [0.15, 0.2) is 0 Å². The number of nitrogens with two attached hydrogens (primary N) is 1. The van der Waals surface area contributed by atoms with Crippen LogP contribution in [-0.2, 0) is 0 Å². The highest BCUT2D eigenvalue weighted by Crippen LogP contribution is 2.31. The number of hydrogen-bond acceptors (Lipinski definition) is 7. The Labute approximate surface area is 148 Å². The molecule has 12 heteroatoms. The molecule has 0 atom stereocenters. The molecule has 1 aliphatic heterocycles. The molecule has 0 radical (unpaired) electrons. The number of anilines is 1. The molecule has 0 aliphatic carbocycles. The van der Waals surface area contributed by atoms with Crippen LogP contribution < -0.4 is 21.3 Å². The molecule has 3 N–H and O–H groups in total. The van der Waals surface area contributed by atoms with Crippen molar-refractivity contribution in [2.24, 2.45) is 0 Å². The molecule has 1 aromatic heterocycles. The number of nitrogens with zero attached hydrogens (tertiary/aromatic N) is 2. The summed E-state index contributed by atoms with van der Waals surface area (Å²) in [6.45, 7) is -1.04. The number of non-ortho nitro benzene ring substituents is 1. The fourth-order valence-corrected chi connectivity index (χ4v) is 2.60. The lowest BCUT2D eigenvalue weighted by atomic mass is 10.1. The Morgan fingerprint density at radius 2 is 1.93 bits per heavy atom. The van der Waals surface area contributed by atoms with Crippen molar-refractivity contribution in [1.82, 2.24) is 9.88 Å². The molecule has 1 aromatic carbocycles. The minimum atomic E-state index is -2.84. The number of amides is 2. The molecular weight excluding hydrogens is 370 g/mol. The average Bonchev–Trinajstić information content (AvgIpc) is 2.87. The maximum absolute atomic E-state index is 12.5. The number of carbonyl (C=O) groups is 2. The van der Waals surface area contributed by atoms with E-state index < -0.39 is 46.8 Å². The molecule has 2 heterocycles. The Morgan fingerprint density at radius 3 is 2.56 bits per heavy atom. The van der Waals surface area contributed by atoms with E-state index in [9.17, 15) is 33.3 Å². The van der Waals surface area contributed by atoms with Gasteiger partial charge in [0.05, 0.1) is 21.7 Å². The normalized spacial score (nSPS) is 12.9. The average molecular weight is 380 g/mol. The number of halogens is 2. The molecule has 0 fully saturated rings. The van der Waals surface area contributed by atoms with Crippen LogP contribution >= 0.6 is 0 Å². The second kappa shape index (κ2) is 6.48. The van der Waals surface area contributed by atoms with E-state index in [1.807, 2.05) is 5.32 Å². The van der Waals surface area contributed by atoms with E-state index in [0.717, 1.165) is 24.3 Å². The first-order valence-electron chi connectivity index (χ1n) is 7.31. The number of nitro benzene ring substituents is 1. The topological polar surface area (TPSA) is 147 Å². The van der Waals surface area contributed by atoms with Crippen LogP contribution in [0.25, 0.3) is 5.69 Å². The second-order valence-corrected chi connectivity index (χ2v) is 5.39. The minimum absolute atomic E-state index is 0.251. The van der Waals surface area contributed by atoms with E-state index in [-0.39, 0.29) is 22.6 Å². The number of nitrogens with one attached hydrogen (secondary N) is 1. The lowest BCUT2D eigenvalue weighted by Crippen LogP contribution is -2.25. The molecule has 0 unspecified atom stereocenters. The Balaban J connectivity index is 2.27. The first-order valence-corrected chi connectivity index (χ1v) is 7.31. The molecule has 2 amide bonds. The molecule has 3 rings (SSSR count). The lowest BCUT2D eigenvalue weighted by Gasteiger charge is -2.16. The zero-order valence-electron chi connectivity index (χ0n) is 13.3. The van der Waals surface area contributed by atoms with Crippen LogP contribution in [0.15, 0.2) is 29.1 Å². The summed E-state index contributed by atoms with van der Waals surface area (Å²) in [6, 6.07) is 3.73. The molecule has 10 nitrogen and oxygen atoms in total. The summed E-state index contributed by atoms with van der Waals surface area (Å²) in [5.41, 5.74) is 3.60. The molecule has 0 saturated carbocycles. The van der Waals surface area contributed by atoms with Crippen LogP contribution in [0.3, 0.4) is 0 Å². The number of imide groups is 1. The number of rotatable bonds is 5. The third-order valence-corrected chi connectivity index (χ3v) is 3.71. The number of pyridine rings is 1. The van der Waals surface area contributed by atoms with Gasteiger partial charge in [0.1, 0.15) is 18.2 Å². The predicted molar refractivity (Wildman–Crippen MR) is 86.4 cm³/mol. The predicted octanol–water partition coefficient (Wildman–Crippen LogP) is 0.855. The van der Waals surface area contributed by atoms with E-state index in [0.29, 0.717) is 4.57 Å². The molecule has 2 aromatic rings. The number of hydrogen-bond donors (Lipinski definition) is 2. The van der Waals surface area contributed by atoms with Crippen molar-refractivity contribution in [3.8, 4) is 11.4 Å². The van der Waals surface area contributed by atoms with Gasteiger partial charge in [-0.1, -0.05) is 0 Å². The van der Waals surface area contributed by atoms with Crippen LogP contribution in [0.2, 0.25) is 0 Å². The van der Waals surface area contributed by atoms with Crippen LogP contribution in [0, 0.1) is 10.1 Å². The second-order valence-electron chi connectivity index (χ2n) is 5.39. The summed E-state index contributed by atoms with van der Waals surface area (Å²) >= 11 is 0. The summed E-state index contributed by atoms with van der Waals surface area (Å²) in [5, 5.41) is 13.0. The third-order valence-electron chi connectivity index (χ3n) is 3.71. The highest BCUT2D eigenvalue weighted by Gasteiger charge is 2.32. The number of benzene rings is 1. The Morgan fingerprint density at radius 1 is 1.22 bits per heavy atom. The quantitative estimate of drug-likeness (QED) is 0.444. The van der Waals surface area contributed by atoms with Crippen molar-refractivity contribution in [3.63, 3.8) is 0 Å². The van der Waals surface area contributed by atoms with Crippen LogP contribution in [0.4, 0.5) is 20.3 Å². The molecule has 27 heavy (non-hydrogen) atoms. The molecular formula is C15H10F2N4O6. The number of alkyl halides is 2. The zero-order valence-corrected chi connectivity index (χ0v) is 13.3. The molecule has 0 bridgehead atoms. The van der Waals surface area contributed by atoms with Gasteiger partial charge >= 0.3 is 0 Å². The summed E-state index contributed by atoms with van der Waals surface area (Å²) < 4.78 is 30.6. The highest BCUT2D eigenvalue weighted by atomic mass is 19.3. The van der Waals surface area contributed by atoms with E-state index in [1.165, 1.54) is 0 Å². The summed E-state index contributed by atoms with van der Waals surface area (Å²) in [6.07, 6.45) is -2.84. The Kier molecular flexibility index (Phi) is 4.31. The van der Waals surface area contributed by atoms with Gasteiger partial charge in [-0.15, -0.1) is 0 Å². The highest BCUT2D eigenvalue weighted by molar-refractivity contribution is 6.23. The van der Waals surface area contributed by atoms with Crippen molar-refractivity contribution in [3.05, 3.63) is 55.9 Å². The minimum Gasteiger partial charge on any atom is -0.485 e. The van der Waals surface area contributed by atoms with Crippen LogP contribution in [0.1, 0.15) is 20.7 Å². The van der Waals surface area contributed by atoms with E-state index in [1.54, 1.807) is 0 Å². The lowest BCUT2D eigenvalue weighted by molar-refractivity contribution is -0.384. The van der Waals surface area contributed by atoms with Gasteiger partial charge in [0.25, 0.3) is 29.5 Å². The number of nitrogen functional groups attached to an aromatic ring is 1. The van der Waals surface area contributed by atoms with Crippen molar-refractivity contribution < 1.29 is 28.0 Å². The van der Waals surface area contributed by atoms with Crippen molar-refractivity contribution >= 4 is 23.3 Å². The number of nitro groups is 1. The van der Waals surface area contributed by atoms with E-state index in [4.69, 9.17) is 10.5 Å². The van der Waals surface area contributed by atoms with Crippen LogP contribution in [-0.4, -0.2) is 34.3 Å². The van der Waals surface area contributed by atoms with Crippen molar-refractivity contribution in [2.45, 2.75) is 6.43 Å². The fraction of sp³-hybridized carbons (Fsp3) is 0.133. The number of ether oxygens (including phenoxy) is 1. The molecule has 1 aliphatic rings. The summed E-state index contributed by atoms with van der Waals surface area (Å²) in [7, 11) is 0. The van der Waals surface area contributed by atoms with Gasteiger partial charge in [-0.05, 0) is 6.07 Å². The number of aromatic nitrogens is 1. The largest absolute Gasteiger partial charge is 0.485 e. The van der Waals surface area contributed by atoms with Gasteiger partial charge < -0.3 is 10.5 Å². The standard InChI is InChI=1S/C15H10F2N4O6/c16-10(17)5-27-9-2-1-6(21(25)26)3-8(9)20-11(22)4-7-12(13(20)18)15(24)19-14(7)23/h1-4,10H,5,18H2,(H,19,23,24). The molecule has 140 valence electrons. The van der Waals surface area contributed by atoms with Gasteiger partial charge in [-0.2, -0.15) is 0 Å². The maximum atomic E-state index is 12.5. The number of fused-ring (bicyclic) bond motifs is 1. The number of carbonyl (C=O) groups excluding carboxylic acids is 2. The summed E-state index contributed by atoms with van der Waals surface area (Å²) in [4.78, 5) is 46.3. The SMILES string of the molecule is Nc1c2c(cc(=O)n1-c1cc([N+](=O)[O-])ccc1OCC(F)F)C(=O)NC2=O. The zero-order chi connectivity index (χ0) is 19.9. The van der Waals surface area contributed by atoms with Crippen molar-refractivity contribution in [1.29, 1.82) is 0 Å². The Bertz CT molecular complexity index is 1050. The fourth-order valence-electron chi connectivity index (χ4n) is 2.60. The van der Waals surface area contributed by atoms with Gasteiger partial charge in [-0.25, -0.2) is 8.78 Å². The summed E-state index contributed by atoms with van der Waals surface area (Å²) in [5.74, 6) is -2.46. The van der Waals surface area contributed by atoms with Gasteiger partial charge in [-0.3, -0.25) is 34.4 Å². The monoisotopic (exact) mass is 380 g/mol. The molecule has 0 spiro atoms. The van der Waals surface area contributed by atoms with E-state index in [2.05, 4.69) is 0 Å². The molecule has 0 saturated heterocycles. The van der Waals surface area contributed by atoms with Gasteiger partial charge in [0.2, 0.25) is 0 Å². The van der Waals surface area contributed by atoms with Gasteiger partial charge in [0, 0.05) is 18.2 Å². The third kappa shape index (κ3) is 3.07. The first kappa shape index (κ1) is 18.0. The smallest absolute Gasteiger partial charge is 0.272 e. The van der Waals surface area contributed by atoms with Crippen LogP contribution in [0.5, 0.6) is 5.75 Å². The van der Waals surface area contributed by atoms with Crippen molar-refractivity contribution in [2.75, 3.05) is 12.3 Å². The first-order chi connectivity index (χ1) is 12.7. The Hall–Kier alpha value is -3.83.